The molecule has 23 heavy (non-hydrogen) atoms. The normalized spacial score (nSPS) is 39.1. The lowest BCUT2D eigenvalue weighted by molar-refractivity contribution is -0.311. The van der Waals surface area contributed by atoms with E-state index in [-0.39, 0.29) is 22.5 Å². The van der Waals surface area contributed by atoms with Crippen LogP contribution in [0.25, 0.3) is 0 Å². The number of hydrogen-bond donors (Lipinski definition) is 0. The van der Waals surface area contributed by atoms with E-state index in [0.717, 1.165) is 12.8 Å². The predicted molar refractivity (Wildman–Crippen MR) is 86.2 cm³/mol. The molecule has 1 aromatic rings. The van der Waals surface area contributed by atoms with Crippen molar-refractivity contribution < 1.29 is 14.3 Å². The Bertz CT molecular complexity index is 775. The Morgan fingerprint density at radius 3 is 2.87 bits per heavy atom. The Hall–Kier alpha value is -1.45. The van der Waals surface area contributed by atoms with E-state index < -0.39 is 5.79 Å². The number of carbonyl (C=O) groups excluding carboxylic acids is 1. The molecule has 2 spiro atoms. The van der Waals surface area contributed by atoms with Gasteiger partial charge in [0.2, 0.25) is 0 Å². The quantitative estimate of drug-likeness (QED) is 0.738. The fraction of sp³-hybridized carbons (Fsp3) is 0.550. The largest absolute Gasteiger partial charge is 0.345 e. The van der Waals surface area contributed by atoms with Crippen molar-refractivity contribution in [1.29, 1.82) is 0 Å². The highest BCUT2D eigenvalue weighted by atomic mass is 16.7. The summed E-state index contributed by atoms with van der Waals surface area (Å²) in [4.78, 5) is 12.5. The minimum atomic E-state index is -0.635. The van der Waals surface area contributed by atoms with Crippen molar-refractivity contribution in [2.24, 2.45) is 11.3 Å². The van der Waals surface area contributed by atoms with Gasteiger partial charge in [-0.15, -0.1) is 0 Å². The second kappa shape index (κ2) is 3.96. The smallest absolute Gasteiger partial charge is 0.195 e. The van der Waals surface area contributed by atoms with Crippen molar-refractivity contribution in [2.75, 3.05) is 13.2 Å². The topological polar surface area (TPSA) is 35.5 Å². The van der Waals surface area contributed by atoms with E-state index in [1.54, 1.807) is 6.08 Å². The Morgan fingerprint density at radius 1 is 1.22 bits per heavy atom. The second-order valence-electron chi connectivity index (χ2n) is 8.14. The number of rotatable bonds is 0. The number of ketones is 1. The maximum atomic E-state index is 12.5. The number of benzene rings is 1. The summed E-state index contributed by atoms with van der Waals surface area (Å²) in [5, 5.41) is 0. The molecule has 3 heterocycles. The van der Waals surface area contributed by atoms with Crippen molar-refractivity contribution in [3.05, 3.63) is 46.5 Å². The summed E-state index contributed by atoms with van der Waals surface area (Å²) in [6.45, 7) is 7.65. The van der Waals surface area contributed by atoms with Gasteiger partial charge in [-0.3, -0.25) is 4.79 Å². The van der Waals surface area contributed by atoms with Gasteiger partial charge in [0.15, 0.2) is 11.6 Å². The zero-order chi connectivity index (χ0) is 16.0. The average Bonchev–Trinajstić information content (AvgIpc) is 2.54. The van der Waals surface area contributed by atoms with Crippen LogP contribution in [0.15, 0.2) is 24.3 Å². The van der Waals surface area contributed by atoms with E-state index in [4.69, 9.17) is 9.47 Å². The summed E-state index contributed by atoms with van der Waals surface area (Å²) in [7, 11) is 0. The standard InChI is InChI=1S/C20H22O3/c1-12-4-5-14-17-13(12)7-9-22-20(17)10-15-18(2,3)16(21)6-8-19(14,15)11-23-20/h4-6,8,15H,7,9-11H2,1-3H3/t15-,19+,20+/m1/s1. The Labute approximate surface area is 136 Å². The van der Waals surface area contributed by atoms with Gasteiger partial charge in [-0.1, -0.05) is 32.1 Å². The highest BCUT2D eigenvalue weighted by Gasteiger charge is 2.65. The molecule has 120 valence electrons. The lowest BCUT2D eigenvalue weighted by Gasteiger charge is -2.62. The Kier molecular flexibility index (Phi) is 2.40. The third-order valence-electron chi connectivity index (χ3n) is 6.79. The third kappa shape index (κ3) is 1.42. The van der Waals surface area contributed by atoms with Gasteiger partial charge >= 0.3 is 0 Å². The van der Waals surface area contributed by atoms with E-state index in [9.17, 15) is 4.79 Å². The molecular formula is C20H22O3. The number of ether oxygens (including phenoxy) is 2. The van der Waals surface area contributed by atoms with E-state index in [2.05, 4.69) is 39.0 Å². The molecule has 0 saturated carbocycles. The molecule has 2 aliphatic carbocycles. The van der Waals surface area contributed by atoms with E-state index in [1.165, 1.54) is 22.3 Å². The number of carbonyl (C=O) groups is 1. The summed E-state index contributed by atoms with van der Waals surface area (Å²) in [6, 6.07) is 4.49. The molecular weight excluding hydrogens is 288 g/mol. The first-order valence-electron chi connectivity index (χ1n) is 8.56. The predicted octanol–water partition coefficient (Wildman–Crippen LogP) is 3.17. The van der Waals surface area contributed by atoms with Crippen molar-refractivity contribution in [3.63, 3.8) is 0 Å². The van der Waals surface area contributed by atoms with Crippen LogP contribution in [0.5, 0.6) is 0 Å². The zero-order valence-corrected chi connectivity index (χ0v) is 13.9. The number of allylic oxidation sites excluding steroid dienone is 1. The molecule has 0 aromatic heterocycles. The first kappa shape index (κ1) is 13.9. The molecule has 6 rings (SSSR count). The summed E-state index contributed by atoms with van der Waals surface area (Å²) >= 11 is 0. The Balaban J connectivity index is 1.86. The second-order valence-corrected chi connectivity index (χ2v) is 8.14. The van der Waals surface area contributed by atoms with Crippen LogP contribution in [-0.4, -0.2) is 19.0 Å². The summed E-state index contributed by atoms with van der Waals surface area (Å²) in [5.41, 5.74) is 4.76. The van der Waals surface area contributed by atoms with Crippen LogP contribution in [0.1, 0.15) is 42.5 Å². The minimum absolute atomic E-state index is 0.183. The van der Waals surface area contributed by atoms with Crippen LogP contribution in [0.4, 0.5) is 0 Å². The first-order valence-corrected chi connectivity index (χ1v) is 8.56. The fourth-order valence-electron chi connectivity index (χ4n) is 5.44. The molecule has 0 unspecified atom stereocenters. The highest BCUT2D eigenvalue weighted by Crippen LogP contribution is 2.64. The maximum Gasteiger partial charge on any atom is 0.195 e. The molecule has 3 nitrogen and oxygen atoms in total. The van der Waals surface area contributed by atoms with Gasteiger partial charge in [0.05, 0.1) is 13.2 Å². The Morgan fingerprint density at radius 2 is 2.04 bits per heavy atom. The van der Waals surface area contributed by atoms with Gasteiger partial charge < -0.3 is 9.47 Å². The van der Waals surface area contributed by atoms with Crippen molar-refractivity contribution in [3.8, 4) is 0 Å². The van der Waals surface area contributed by atoms with Gasteiger partial charge in [-0.05, 0) is 42.0 Å². The summed E-state index contributed by atoms with van der Waals surface area (Å²) in [6.07, 6.45) is 5.63. The number of hydrogen-bond acceptors (Lipinski definition) is 3. The summed E-state index contributed by atoms with van der Waals surface area (Å²) in [5.74, 6) is -0.187. The van der Waals surface area contributed by atoms with Crippen LogP contribution >= 0.6 is 0 Å². The molecule has 0 N–H and O–H groups in total. The van der Waals surface area contributed by atoms with Crippen LogP contribution in [0, 0.1) is 18.3 Å². The van der Waals surface area contributed by atoms with Gasteiger partial charge in [0.25, 0.3) is 0 Å². The van der Waals surface area contributed by atoms with Crippen molar-refractivity contribution >= 4 is 5.78 Å². The molecule has 3 heteroatoms. The van der Waals surface area contributed by atoms with E-state index >= 15 is 0 Å². The van der Waals surface area contributed by atoms with Crippen molar-refractivity contribution in [2.45, 2.75) is 44.8 Å². The van der Waals surface area contributed by atoms with Crippen LogP contribution in [0.2, 0.25) is 0 Å². The molecule has 0 amide bonds. The number of aryl methyl sites for hydroxylation is 1. The minimum Gasteiger partial charge on any atom is -0.345 e. The molecule has 1 aromatic carbocycles. The maximum absolute atomic E-state index is 12.5. The average molecular weight is 310 g/mol. The van der Waals surface area contributed by atoms with Gasteiger partial charge in [0.1, 0.15) is 0 Å². The molecule has 3 aliphatic heterocycles. The fourth-order valence-corrected chi connectivity index (χ4v) is 5.44. The molecule has 2 bridgehead atoms. The van der Waals surface area contributed by atoms with Crippen LogP contribution in [0.3, 0.4) is 0 Å². The highest BCUT2D eigenvalue weighted by molar-refractivity contribution is 5.96. The third-order valence-corrected chi connectivity index (χ3v) is 6.79. The monoisotopic (exact) mass is 310 g/mol. The molecule has 0 radical (unpaired) electrons. The molecule has 3 atom stereocenters. The summed E-state index contributed by atoms with van der Waals surface area (Å²) < 4.78 is 12.6. The van der Waals surface area contributed by atoms with E-state index in [1.807, 2.05) is 0 Å². The van der Waals surface area contributed by atoms with Gasteiger partial charge in [0, 0.05) is 22.8 Å². The van der Waals surface area contributed by atoms with Gasteiger partial charge in [-0.2, -0.15) is 0 Å². The molecule has 1 saturated heterocycles. The van der Waals surface area contributed by atoms with Crippen molar-refractivity contribution in [1.82, 2.24) is 0 Å². The molecule has 5 aliphatic rings. The van der Waals surface area contributed by atoms with Gasteiger partial charge in [-0.25, -0.2) is 0 Å². The lowest BCUT2D eigenvalue weighted by atomic mass is 9.49. The lowest BCUT2D eigenvalue weighted by Crippen LogP contribution is -2.64. The zero-order valence-electron chi connectivity index (χ0n) is 13.9. The SMILES string of the molecule is Cc1ccc2c3c1CCO[C@]31C[C@@H]3C(C)(C)C(=O)C=C[C@]23CO1. The van der Waals surface area contributed by atoms with Crippen LogP contribution < -0.4 is 0 Å². The number of fused-ring (bicyclic) bond motifs is 1. The molecule has 1 fully saturated rings. The van der Waals surface area contributed by atoms with E-state index in [0.29, 0.717) is 13.2 Å². The first-order chi connectivity index (χ1) is 10.9. The van der Waals surface area contributed by atoms with Crippen LogP contribution in [-0.2, 0) is 31.9 Å².